The van der Waals surface area contributed by atoms with Gasteiger partial charge in [-0.2, -0.15) is 0 Å². The number of hydrogen-bond donors (Lipinski definition) is 1. The molecule has 0 bridgehead atoms. The summed E-state index contributed by atoms with van der Waals surface area (Å²) in [4.78, 5) is 24.6. The molecule has 0 saturated carbocycles. The molecule has 1 fully saturated rings. The normalized spacial score (nSPS) is 19.2. The van der Waals surface area contributed by atoms with Crippen molar-refractivity contribution in [1.82, 2.24) is 4.90 Å². The molecule has 1 atom stereocenters. The Hall–Kier alpha value is -1.88. The van der Waals surface area contributed by atoms with E-state index in [-0.39, 0.29) is 12.5 Å². The van der Waals surface area contributed by atoms with E-state index in [1.807, 2.05) is 30.3 Å². The summed E-state index contributed by atoms with van der Waals surface area (Å²) < 4.78 is 5.11. The van der Waals surface area contributed by atoms with Gasteiger partial charge in [0.1, 0.15) is 0 Å². The van der Waals surface area contributed by atoms with Crippen molar-refractivity contribution >= 4 is 11.9 Å². The van der Waals surface area contributed by atoms with Gasteiger partial charge in [0.25, 0.3) is 0 Å². The number of nitrogens with zero attached hydrogens (tertiary/aromatic N) is 1. The van der Waals surface area contributed by atoms with Crippen molar-refractivity contribution in [2.45, 2.75) is 18.9 Å². The van der Waals surface area contributed by atoms with Crippen LogP contribution in [0.1, 0.15) is 12.0 Å². The van der Waals surface area contributed by atoms with E-state index in [0.29, 0.717) is 26.0 Å². The maximum Gasteiger partial charge on any atom is 0.328 e. The molecule has 1 heterocycles. The second kappa shape index (κ2) is 6.33. The minimum absolute atomic E-state index is 0.0758. The number of amides is 1. The second-order valence-electron chi connectivity index (χ2n) is 4.50. The number of carboxylic acid groups (broad SMARTS) is 1. The van der Waals surface area contributed by atoms with Gasteiger partial charge < -0.3 is 14.7 Å². The Morgan fingerprint density at radius 3 is 2.74 bits per heavy atom. The summed E-state index contributed by atoms with van der Waals surface area (Å²) in [6.45, 7) is 0.831. The molecule has 1 aliphatic rings. The Morgan fingerprint density at radius 1 is 1.32 bits per heavy atom. The van der Waals surface area contributed by atoms with E-state index in [1.54, 1.807) is 0 Å². The van der Waals surface area contributed by atoms with Crippen LogP contribution in [0.2, 0.25) is 0 Å². The van der Waals surface area contributed by atoms with Crippen LogP contribution in [-0.4, -0.2) is 47.7 Å². The van der Waals surface area contributed by atoms with Crippen LogP contribution in [0.15, 0.2) is 30.3 Å². The van der Waals surface area contributed by atoms with E-state index >= 15 is 0 Å². The van der Waals surface area contributed by atoms with Crippen molar-refractivity contribution in [2.24, 2.45) is 0 Å². The molecule has 0 spiro atoms. The Balaban J connectivity index is 1.93. The van der Waals surface area contributed by atoms with E-state index in [0.717, 1.165) is 5.56 Å². The molecule has 102 valence electrons. The molecule has 1 amide bonds. The van der Waals surface area contributed by atoms with Crippen LogP contribution in [-0.2, 0) is 20.7 Å². The maximum absolute atomic E-state index is 12.1. The molecule has 5 nitrogen and oxygen atoms in total. The first-order chi connectivity index (χ1) is 9.18. The number of carboxylic acids is 1. The zero-order valence-corrected chi connectivity index (χ0v) is 10.6. The molecule has 1 unspecified atom stereocenters. The van der Waals surface area contributed by atoms with Crippen molar-refractivity contribution in [1.29, 1.82) is 0 Å². The number of aryl methyl sites for hydroxylation is 1. The third-order valence-corrected chi connectivity index (χ3v) is 3.20. The minimum atomic E-state index is -1.01. The molecule has 0 aromatic heterocycles. The summed E-state index contributed by atoms with van der Waals surface area (Å²) in [5.74, 6) is -1.13. The van der Waals surface area contributed by atoms with Crippen molar-refractivity contribution in [3.8, 4) is 0 Å². The smallest absolute Gasteiger partial charge is 0.328 e. The van der Waals surface area contributed by atoms with Gasteiger partial charge in [-0.15, -0.1) is 0 Å². The number of carbonyl (C=O) groups excluding carboxylic acids is 1. The molecule has 0 radical (unpaired) electrons. The Kier molecular flexibility index (Phi) is 4.52. The lowest BCUT2D eigenvalue weighted by Crippen LogP contribution is -2.52. The monoisotopic (exact) mass is 263 g/mol. The molecule has 1 aromatic rings. The highest BCUT2D eigenvalue weighted by Gasteiger charge is 2.32. The van der Waals surface area contributed by atoms with Crippen LogP contribution in [0, 0.1) is 0 Å². The lowest BCUT2D eigenvalue weighted by molar-refractivity contribution is -0.158. The predicted molar refractivity (Wildman–Crippen MR) is 68.7 cm³/mol. The van der Waals surface area contributed by atoms with Gasteiger partial charge in [-0.1, -0.05) is 30.3 Å². The summed E-state index contributed by atoms with van der Waals surface area (Å²) >= 11 is 0. The SMILES string of the molecule is O=C(O)C1COCCN1C(=O)CCc1ccccc1. The van der Waals surface area contributed by atoms with Crippen LogP contribution in [0.3, 0.4) is 0 Å². The lowest BCUT2D eigenvalue weighted by atomic mass is 10.1. The number of benzene rings is 1. The molecule has 1 aliphatic heterocycles. The fraction of sp³-hybridized carbons (Fsp3) is 0.429. The lowest BCUT2D eigenvalue weighted by Gasteiger charge is -2.32. The van der Waals surface area contributed by atoms with Crippen molar-refractivity contribution < 1.29 is 19.4 Å². The quantitative estimate of drug-likeness (QED) is 0.877. The topological polar surface area (TPSA) is 66.8 Å². The highest BCUT2D eigenvalue weighted by atomic mass is 16.5. The minimum Gasteiger partial charge on any atom is -0.480 e. The fourth-order valence-electron chi connectivity index (χ4n) is 2.15. The van der Waals surface area contributed by atoms with Gasteiger partial charge in [-0.3, -0.25) is 4.79 Å². The van der Waals surface area contributed by atoms with Gasteiger partial charge in [-0.05, 0) is 12.0 Å². The van der Waals surface area contributed by atoms with Crippen LogP contribution in [0.5, 0.6) is 0 Å². The number of morpholine rings is 1. The van der Waals surface area contributed by atoms with Gasteiger partial charge >= 0.3 is 5.97 Å². The summed E-state index contributed by atoms with van der Waals surface area (Å²) in [6.07, 6.45) is 0.956. The van der Waals surface area contributed by atoms with Gasteiger partial charge in [0.05, 0.1) is 13.2 Å². The van der Waals surface area contributed by atoms with Gasteiger partial charge in [0.2, 0.25) is 5.91 Å². The Morgan fingerprint density at radius 2 is 2.05 bits per heavy atom. The first kappa shape index (κ1) is 13.5. The van der Waals surface area contributed by atoms with Crippen molar-refractivity contribution in [3.63, 3.8) is 0 Å². The third-order valence-electron chi connectivity index (χ3n) is 3.20. The summed E-state index contributed by atoms with van der Waals surface area (Å²) in [5.41, 5.74) is 1.08. The van der Waals surface area contributed by atoms with E-state index in [9.17, 15) is 9.59 Å². The second-order valence-corrected chi connectivity index (χ2v) is 4.50. The van der Waals surface area contributed by atoms with Crippen molar-refractivity contribution in [3.05, 3.63) is 35.9 Å². The fourth-order valence-corrected chi connectivity index (χ4v) is 2.15. The molecule has 0 aliphatic carbocycles. The molecule has 2 rings (SSSR count). The third kappa shape index (κ3) is 3.54. The van der Waals surface area contributed by atoms with Crippen LogP contribution in [0.4, 0.5) is 0 Å². The Labute approximate surface area is 111 Å². The summed E-state index contributed by atoms with van der Waals surface area (Å²) in [5, 5.41) is 9.07. The van der Waals surface area contributed by atoms with E-state index in [1.165, 1.54) is 4.90 Å². The first-order valence-electron chi connectivity index (χ1n) is 6.32. The highest BCUT2D eigenvalue weighted by Crippen LogP contribution is 2.11. The van der Waals surface area contributed by atoms with Crippen molar-refractivity contribution in [2.75, 3.05) is 19.8 Å². The predicted octanol–water partition coefficient (Wildman–Crippen LogP) is 0.931. The number of hydrogen-bond acceptors (Lipinski definition) is 3. The van der Waals surface area contributed by atoms with E-state index in [2.05, 4.69) is 0 Å². The largest absolute Gasteiger partial charge is 0.480 e. The zero-order valence-electron chi connectivity index (χ0n) is 10.6. The Bertz CT molecular complexity index is 446. The molecule has 1 aromatic carbocycles. The molecule has 19 heavy (non-hydrogen) atoms. The number of rotatable bonds is 4. The van der Waals surface area contributed by atoms with Crippen LogP contribution < -0.4 is 0 Å². The first-order valence-corrected chi connectivity index (χ1v) is 6.32. The molecule has 1 N–H and O–H groups in total. The number of aliphatic carboxylic acids is 1. The molecule has 1 saturated heterocycles. The number of carbonyl (C=O) groups is 2. The zero-order chi connectivity index (χ0) is 13.7. The molecule has 5 heteroatoms. The number of ether oxygens (including phenoxy) is 1. The van der Waals surface area contributed by atoms with Crippen LogP contribution >= 0.6 is 0 Å². The molecular formula is C14H17NO4. The van der Waals surface area contributed by atoms with E-state index < -0.39 is 12.0 Å². The van der Waals surface area contributed by atoms with E-state index in [4.69, 9.17) is 9.84 Å². The van der Waals surface area contributed by atoms with Crippen LogP contribution in [0.25, 0.3) is 0 Å². The molecular weight excluding hydrogens is 246 g/mol. The summed E-state index contributed by atoms with van der Waals surface area (Å²) in [7, 11) is 0. The van der Waals surface area contributed by atoms with Gasteiger partial charge in [0.15, 0.2) is 6.04 Å². The standard InChI is InChI=1S/C14H17NO4/c16-13(7-6-11-4-2-1-3-5-11)15-8-9-19-10-12(15)14(17)18/h1-5,12H,6-10H2,(H,17,18). The average Bonchev–Trinajstić information content (AvgIpc) is 2.46. The van der Waals surface area contributed by atoms with Gasteiger partial charge in [0, 0.05) is 13.0 Å². The van der Waals surface area contributed by atoms with Gasteiger partial charge in [-0.25, -0.2) is 4.79 Å². The highest BCUT2D eigenvalue weighted by molar-refractivity contribution is 5.84. The average molecular weight is 263 g/mol. The maximum atomic E-state index is 12.1. The summed E-state index contributed by atoms with van der Waals surface area (Å²) in [6, 6.07) is 8.84.